The van der Waals surface area contributed by atoms with E-state index in [1.807, 2.05) is 0 Å². The van der Waals surface area contributed by atoms with Gasteiger partial charge in [0.05, 0.1) is 11.1 Å². The number of hydrogen-bond donors (Lipinski definition) is 2. The first-order valence-electron chi connectivity index (χ1n) is 6.80. The van der Waals surface area contributed by atoms with E-state index in [1.165, 1.54) is 13.0 Å². The third kappa shape index (κ3) is 1.82. The molecule has 2 amide bonds. The van der Waals surface area contributed by atoms with Crippen LogP contribution in [0.3, 0.4) is 0 Å². The van der Waals surface area contributed by atoms with Gasteiger partial charge < -0.3 is 10.2 Å². The van der Waals surface area contributed by atoms with Crippen LogP contribution in [-0.2, 0) is 16.0 Å². The number of fused-ring (bicyclic) bond motifs is 1. The first-order valence-corrected chi connectivity index (χ1v) is 6.80. The Kier molecular flexibility index (Phi) is 3.74. The van der Waals surface area contributed by atoms with Crippen LogP contribution in [0.2, 0.25) is 0 Å². The van der Waals surface area contributed by atoms with E-state index in [0.29, 0.717) is 16.9 Å². The number of carbonyl (C=O) groups excluding carboxylic acids is 2. The fraction of sp³-hybridized carbons (Fsp3) is 0.333. The van der Waals surface area contributed by atoms with Gasteiger partial charge in [-0.25, -0.2) is 14.5 Å². The maximum atomic E-state index is 12.6. The van der Waals surface area contributed by atoms with Gasteiger partial charge >= 0.3 is 11.9 Å². The standard InChI is InChI=1S/C15H15NO6/c1-3-8-6-5-7-9-10(8)12(18)16(11(9)17)15(4-2,13(19)20)14(21)22/h5-7H,3-4H2,1-2H3,(H,19,20)(H,21,22). The van der Waals surface area contributed by atoms with Crippen LogP contribution in [0.15, 0.2) is 18.2 Å². The maximum absolute atomic E-state index is 12.6. The number of carbonyl (C=O) groups is 4. The highest BCUT2D eigenvalue weighted by Gasteiger charge is 2.58. The number of carboxylic acids is 2. The monoisotopic (exact) mass is 305 g/mol. The molecule has 0 saturated heterocycles. The van der Waals surface area contributed by atoms with E-state index in [1.54, 1.807) is 19.1 Å². The van der Waals surface area contributed by atoms with E-state index in [4.69, 9.17) is 0 Å². The molecule has 0 atom stereocenters. The number of hydrogen-bond acceptors (Lipinski definition) is 4. The van der Waals surface area contributed by atoms with Crippen molar-refractivity contribution in [1.82, 2.24) is 4.90 Å². The maximum Gasteiger partial charge on any atom is 0.341 e. The zero-order chi connectivity index (χ0) is 16.7. The summed E-state index contributed by atoms with van der Waals surface area (Å²) in [5, 5.41) is 18.7. The summed E-state index contributed by atoms with van der Waals surface area (Å²) < 4.78 is 0. The van der Waals surface area contributed by atoms with E-state index in [2.05, 4.69) is 0 Å². The topological polar surface area (TPSA) is 112 Å². The fourth-order valence-corrected chi connectivity index (χ4v) is 2.74. The molecule has 2 N–H and O–H groups in total. The van der Waals surface area contributed by atoms with Crippen molar-refractivity contribution < 1.29 is 29.4 Å². The molecule has 0 aliphatic carbocycles. The van der Waals surface area contributed by atoms with Gasteiger partial charge in [-0.2, -0.15) is 0 Å². The van der Waals surface area contributed by atoms with Gasteiger partial charge in [0.2, 0.25) is 5.54 Å². The molecule has 7 heteroatoms. The minimum Gasteiger partial charge on any atom is -0.479 e. The molecule has 1 aromatic rings. The largest absolute Gasteiger partial charge is 0.479 e. The van der Waals surface area contributed by atoms with Crippen LogP contribution in [0.4, 0.5) is 0 Å². The molecule has 0 spiro atoms. The van der Waals surface area contributed by atoms with E-state index < -0.39 is 35.7 Å². The first-order chi connectivity index (χ1) is 10.3. The predicted octanol–water partition coefficient (Wildman–Crippen LogP) is 1.16. The zero-order valence-electron chi connectivity index (χ0n) is 12.1. The highest BCUT2D eigenvalue weighted by molar-refractivity contribution is 6.26. The minimum atomic E-state index is -2.60. The number of rotatable bonds is 5. The molecule has 2 rings (SSSR count). The molecule has 0 aromatic heterocycles. The number of carboxylic acid groups (broad SMARTS) is 2. The average Bonchev–Trinajstić information content (AvgIpc) is 2.73. The number of aliphatic carboxylic acids is 2. The van der Waals surface area contributed by atoms with E-state index >= 15 is 0 Å². The Bertz CT molecular complexity index is 679. The van der Waals surface area contributed by atoms with Crippen molar-refractivity contribution in [1.29, 1.82) is 0 Å². The molecule has 1 aliphatic rings. The molecule has 1 heterocycles. The lowest BCUT2D eigenvalue weighted by Gasteiger charge is -2.31. The van der Waals surface area contributed by atoms with Gasteiger partial charge in [-0.1, -0.05) is 26.0 Å². The number of benzene rings is 1. The first kappa shape index (κ1) is 15.7. The Morgan fingerprint density at radius 3 is 2.14 bits per heavy atom. The van der Waals surface area contributed by atoms with Crippen molar-refractivity contribution >= 4 is 23.8 Å². The molecule has 0 radical (unpaired) electrons. The van der Waals surface area contributed by atoms with Crippen molar-refractivity contribution in [2.75, 3.05) is 0 Å². The molecule has 1 aromatic carbocycles. The van der Waals surface area contributed by atoms with Gasteiger partial charge in [-0.3, -0.25) is 9.59 Å². The molecule has 1 aliphatic heterocycles. The summed E-state index contributed by atoms with van der Waals surface area (Å²) in [6.07, 6.45) is 0.0416. The van der Waals surface area contributed by atoms with Crippen LogP contribution in [0.5, 0.6) is 0 Å². The average molecular weight is 305 g/mol. The lowest BCUT2D eigenvalue weighted by atomic mass is 9.94. The van der Waals surface area contributed by atoms with Gasteiger partial charge in [0.25, 0.3) is 11.8 Å². The Labute approximate surface area is 126 Å². The number of nitrogens with zero attached hydrogens (tertiary/aromatic N) is 1. The molecular formula is C15H15NO6. The second kappa shape index (κ2) is 5.25. The summed E-state index contributed by atoms with van der Waals surface area (Å²) in [7, 11) is 0. The van der Waals surface area contributed by atoms with E-state index in [0.717, 1.165) is 0 Å². The Morgan fingerprint density at radius 2 is 1.68 bits per heavy atom. The summed E-state index contributed by atoms with van der Waals surface area (Å²) in [6, 6.07) is 4.64. The summed E-state index contributed by atoms with van der Waals surface area (Å²) in [5.41, 5.74) is -1.88. The highest BCUT2D eigenvalue weighted by Crippen LogP contribution is 2.34. The summed E-state index contributed by atoms with van der Waals surface area (Å²) in [4.78, 5) is 48.5. The molecule has 7 nitrogen and oxygen atoms in total. The van der Waals surface area contributed by atoms with E-state index in [9.17, 15) is 29.4 Å². The Morgan fingerprint density at radius 1 is 1.09 bits per heavy atom. The number of imide groups is 1. The highest BCUT2D eigenvalue weighted by atomic mass is 16.4. The number of aryl methyl sites for hydroxylation is 1. The summed E-state index contributed by atoms with van der Waals surface area (Å²) in [6.45, 7) is 3.10. The third-order valence-corrected chi connectivity index (χ3v) is 3.98. The van der Waals surface area contributed by atoms with Crippen LogP contribution in [-0.4, -0.2) is 44.4 Å². The van der Waals surface area contributed by atoms with Crippen LogP contribution in [0.1, 0.15) is 46.5 Å². The van der Waals surface area contributed by atoms with Gasteiger partial charge in [-0.05, 0) is 24.5 Å². The van der Waals surface area contributed by atoms with Crippen molar-refractivity contribution in [2.24, 2.45) is 0 Å². The van der Waals surface area contributed by atoms with Crippen molar-refractivity contribution in [3.05, 3.63) is 34.9 Å². The van der Waals surface area contributed by atoms with Crippen LogP contribution in [0.25, 0.3) is 0 Å². The molecule has 0 bridgehead atoms. The SMILES string of the molecule is CCc1cccc2c1C(=O)N(C(CC)(C(=O)O)C(=O)O)C2=O. The van der Waals surface area contributed by atoms with Crippen molar-refractivity contribution in [3.63, 3.8) is 0 Å². The Hall–Kier alpha value is -2.70. The lowest BCUT2D eigenvalue weighted by Crippen LogP contribution is -2.62. The molecule has 22 heavy (non-hydrogen) atoms. The smallest absolute Gasteiger partial charge is 0.341 e. The minimum absolute atomic E-state index is 0.0460. The molecule has 0 unspecified atom stereocenters. The van der Waals surface area contributed by atoms with Crippen molar-refractivity contribution in [3.8, 4) is 0 Å². The molecule has 0 saturated carbocycles. The summed E-state index contributed by atoms with van der Waals surface area (Å²) >= 11 is 0. The van der Waals surface area contributed by atoms with E-state index in [-0.39, 0.29) is 11.1 Å². The fourth-order valence-electron chi connectivity index (χ4n) is 2.74. The lowest BCUT2D eigenvalue weighted by molar-refractivity contribution is -0.164. The van der Waals surface area contributed by atoms with Gasteiger partial charge in [0, 0.05) is 0 Å². The second-order valence-electron chi connectivity index (χ2n) is 4.96. The van der Waals surface area contributed by atoms with Crippen LogP contribution in [0, 0.1) is 0 Å². The quantitative estimate of drug-likeness (QED) is 0.623. The molecule has 116 valence electrons. The third-order valence-electron chi connectivity index (χ3n) is 3.98. The van der Waals surface area contributed by atoms with Crippen LogP contribution < -0.4 is 0 Å². The normalized spacial score (nSPS) is 14.2. The molecule has 0 fully saturated rings. The second-order valence-corrected chi connectivity index (χ2v) is 4.96. The molecular weight excluding hydrogens is 290 g/mol. The summed E-state index contributed by atoms with van der Waals surface area (Å²) in [5.74, 6) is -5.24. The van der Waals surface area contributed by atoms with Gasteiger partial charge in [0.15, 0.2) is 0 Å². The van der Waals surface area contributed by atoms with Crippen LogP contribution >= 0.6 is 0 Å². The predicted molar refractivity (Wildman–Crippen MR) is 74.6 cm³/mol. The van der Waals surface area contributed by atoms with Crippen molar-refractivity contribution in [2.45, 2.75) is 32.2 Å². The van der Waals surface area contributed by atoms with Gasteiger partial charge in [-0.15, -0.1) is 0 Å². The Balaban J connectivity index is 2.70. The van der Waals surface area contributed by atoms with Gasteiger partial charge in [0.1, 0.15) is 0 Å². The zero-order valence-corrected chi connectivity index (χ0v) is 12.1. The number of amides is 2.